The number of nitrogens with one attached hydrogen (secondary N) is 4. The molecule has 4 bridgehead atoms. The molecule has 5 rings (SSSR count). The highest BCUT2D eigenvalue weighted by atomic mass is 19.1. The van der Waals surface area contributed by atoms with Crippen molar-refractivity contribution in [3.05, 3.63) is 30.1 Å². The first-order chi connectivity index (χ1) is 14.3. The molecule has 0 spiro atoms. The zero-order valence-electron chi connectivity index (χ0n) is 17.3. The molecular weight excluding hydrogens is 387 g/mol. The average Bonchev–Trinajstić information content (AvgIpc) is 2.59. The van der Waals surface area contributed by atoms with Gasteiger partial charge in [0, 0.05) is 11.2 Å². The van der Waals surface area contributed by atoms with Crippen molar-refractivity contribution < 1.29 is 23.7 Å². The fourth-order valence-electron chi connectivity index (χ4n) is 6.09. The Labute approximate surface area is 175 Å². The number of hydrogen-bond acceptors (Lipinski definition) is 3. The van der Waals surface area contributed by atoms with Gasteiger partial charge in [-0.3, -0.25) is 14.9 Å². The van der Waals surface area contributed by atoms with Crippen LogP contribution in [-0.2, 0) is 9.59 Å². The highest BCUT2D eigenvalue weighted by molar-refractivity contribution is 5.95. The van der Waals surface area contributed by atoms with Crippen LogP contribution in [0.15, 0.2) is 24.3 Å². The fourth-order valence-corrected chi connectivity index (χ4v) is 6.09. The van der Waals surface area contributed by atoms with Gasteiger partial charge in [0.15, 0.2) is 13.1 Å². The second kappa shape index (κ2) is 8.34. The molecule has 4 fully saturated rings. The molecule has 7 nitrogen and oxygen atoms in total. The van der Waals surface area contributed by atoms with E-state index in [9.17, 15) is 18.8 Å². The van der Waals surface area contributed by atoms with Gasteiger partial charge in [-0.2, -0.15) is 0 Å². The van der Waals surface area contributed by atoms with Gasteiger partial charge in [-0.05, 0) is 74.5 Å². The zero-order valence-corrected chi connectivity index (χ0v) is 17.3. The molecule has 0 aliphatic heterocycles. The van der Waals surface area contributed by atoms with E-state index >= 15 is 0 Å². The molecule has 1 atom stereocenters. The molecule has 1 aromatic rings. The van der Waals surface area contributed by atoms with Crippen molar-refractivity contribution in [3.63, 3.8) is 0 Å². The SMILES string of the molecule is C[NH+](CC(=O)NC(=O)NC12CC3CC(CC(C3)C1)C2)CC(=O)Nc1cccc(F)c1. The standard InChI is InChI=1S/C22H29FN4O3/c1-27(12-19(28)24-18-4-2-3-17(23)8-18)13-20(29)25-21(30)26-22-9-14-5-15(10-22)7-16(6-14)11-22/h2-4,8,14-16H,5-7,9-13H2,1H3,(H,24,28)(H2,25,26,29,30)/p+1. The van der Waals surface area contributed by atoms with Gasteiger partial charge < -0.3 is 15.5 Å². The van der Waals surface area contributed by atoms with E-state index in [4.69, 9.17) is 0 Å². The van der Waals surface area contributed by atoms with Crippen LogP contribution in [0.25, 0.3) is 0 Å². The third-order valence-corrected chi connectivity index (χ3v) is 6.70. The first kappa shape index (κ1) is 20.8. The minimum Gasteiger partial charge on any atom is -0.332 e. The van der Waals surface area contributed by atoms with Gasteiger partial charge in [-0.25, -0.2) is 9.18 Å². The lowest BCUT2D eigenvalue weighted by Gasteiger charge is -2.56. The third kappa shape index (κ3) is 4.98. The first-order valence-electron chi connectivity index (χ1n) is 10.8. The number of carbonyl (C=O) groups excluding carboxylic acids is 3. The van der Waals surface area contributed by atoms with Crippen LogP contribution in [0.3, 0.4) is 0 Å². The molecule has 1 aromatic carbocycles. The smallest absolute Gasteiger partial charge is 0.322 e. The van der Waals surface area contributed by atoms with Gasteiger partial charge >= 0.3 is 6.03 Å². The Balaban J connectivity index is 1.21. The van der Waals surface area contributed by atoms with Crippen LogP contribution in [0.2, 0.25) is 0 Å². The third-order valence-electron chi connectivity index (χ3n) is 6.70. The number of likely N-dealkylation sites (N-methyl/N-ethyl adjacent to an activating group) is 1. The van der Waals surface area contributed by atoms with Crippen LogP contribution in [0.5, 0.6) is 0 Å². The van der Waals surface area contributed by atoms with E-state index in [-0.39, 0.29) is 24.5 Å². The molecule has 4 N–H and O–H groups in total. The predicted molar refractivity (Wildman–Crippen MR) is 109 cm³/mol. The Kier molecular flexibility index (Phi) is 5.77. The molecule has 30 heavy (non-hydrogen) atoms. The van der Waals surface area contributed by atoms with E-state index in [0.29, 0.717) is 28.3 Å². The maximum atomic E-state index is 13.2. The largest absolute Gasteiger partial charge is 0.332 e. The molecule has 0 aromatic heterocycles. The van der Waals surface area contributed by atoms with E-state index in [2.05, 4.69) is 16.0 Å². The molecule has 162 valence electrons. The minimum atomic E-state index is -0.432. The summed E-state index contributed by atoms with van der Waals surface area (Å²) >= 11 is 0. The molecule has 8 heteroatoms. The van der Waals surface area contributed by atoms with Crippen LogP contribution in [0.1, 0.15) is 38.5 Å². The van der Waals surface area contributed by atoms with Gasteiger partial charge in [0.25, 0.3) is 11.8 Å². The summed E-state index contributed by atoms with van der Waals surface area (Å²) in [6, 6.07) is 5.20. The summed E-state index contributed by atoms with van der Waals surface area (Å²) in [6.45, 7) is 0.0192. The number of imide groups is 1. The summed E-state index contributed by atoms with van der Waals surface area (Å²) in [4.78, 5) is 37.4. The zero-order chi connectivity index (χ0) is 21.3. The maximum Gasteiger partial charge on any atom is 0.322 e. The molecule has 4 aliphatic rings. The summed E-state index contributed by atoms with van der Waals surface area (Å²) in [5.41, 5.74) is 0.218. The Hall–Kier alpha value is -2.48. The normalized spacial score (nSPS) is 29.9. The van der Waals surface area contributed by atoms with Crippen LogP contribution < -0.4 is 20.9 Å². The van der Waals surface area contributed by atoms with Crippen molar-refractivity contribution >= 4 is 23.5 Å². The van der Waals surface area contributed by atoms with Crippen molar-refractivity contribution in [2.75, 3.05) is 25.5 Å². The van der Waals surface area contributed by atoms with Gasteiger partial charge in [-0.1, -0.05) is 6.07 Å². The quantitative estimate of drug-likeness (QED) is 0.558. The van der Waals surface area contributed by atoms with E-state index in [1.165, 1.54) is 37.5 Å². The average molecular weight is 418 g/mol. The maximum absolute atomic E-state index is 13.2. The lowest BCUT2D eigenvalue weighted by Crippen LogP contribution is -3.11. The monoisotopic (exact) mass is 417 g/mol. The van der Waals surface area contributed by atoms with Crippen molar-refractivity contribution in [1.29, 1.82) is 0 Å². The highest BCUT2D eigenvalue weighted by Gasteiger charge is 2.51. The Morgan fingerprint density at radius 1 is 1.03 bits per heavy atom. The van der Waals surface area contributed by atoms with Gasteiger partial charge in [0.05, 0.1) is 7.05 Å². The number of quaternary nitrogens is 1. The Morgan fingerprint density at radius 2 is 1.63 bits per heavy atom. The van der Waals surface area contributed by atoms with Crippen LogP contribution in [0, 0.1) is 23.6 Å². The summed E-state index contributed by atoms with van der Waals surface area (Å²) in [7, 11) is 1.70. The molecule has 0 radical (unpaired) electrons. The first-order valence-corrected chi connectivity index (χ1v) is 10.8. The number of urea groups is 1. The molecular formula is C22H30FN4O3+. The fraction of sp³-hybridized carbons (Fsp3) is 0.591. The summed E-state index contributed by atoms with van der Waals surface area (Å²) < 4.78 is 13.2. The summed E-state index contributed by atoms with van der Waals surface area (Å²) in [6.07, 6.45) is 6.91. The molecule has 4 aliphatic carbocycles. The Bertz CT molecular complexity index is 808. The van der Waals surface area contributed by atoms with E-state index in [0.717, 1.165) is 19.3 Å². The summed E-state index contributed by atoms with van der Waals surface area (Å²) in [5, 5.41) is 8.14. The minimum absolute atomic E-state index is 0.00906. The van der Waals surface area contributed by atoms with E-state index in [1.54, 1.807) is 13.1 Å². The lowest BCUT2D eigenvalue weighted by atomic mass is 9.53. The number of hydrogen-bond donors (Lipinski definition) is 4. The lowest BCUT2D eigenvalue weighted by molar-refractivity contribution is -0.862. The molecule has 1 unspecified atom stereocenters. The van der Waals surface area contributed by atoms with Crippen LogP contribution >= 0.6 is 0 Å². The van der Waals surface area contributed by atoms with Crippen LogP contribution in [-0.4, -0.2) is 43.5 Å². The number of benzene rings is 1. The van der Waals surface area contributed by atoms with E-state index in [1.807, 2.05) is 0 Å². The molecule has 0 saturated heterocycles. The van der Waals surface area contributed by atoms with Crippen molar-refractivity contribution in [2.45, 2.75) is 44.1 Å². The van der Waals surface area contributed by atoms with Gasteiger partial charge in [0.1, 0.15) is 5.82 Å². The number of anilines is 1. The predicted octanol–water partition coefficient (Wildman–Crippen LogP) is 1.07. The molecule has 4 saturated carbocycles. The van der Waals surface area contributed by atoms with Crippen molar-refractivity contribution in [1.82, 2.24) is 10.6 Å². The number of halogens is 1. The van der Waals surface area contributed by atoms with Crippen molar-refractivity contribution in [2.24, 2.45) is 17.8 Å². The number of carbonyl (C=O) groups is 3. The van der Waals surface area contributed by atoms with Crippen molar-refractivity contribution in [3.8, 4) is 0 Å². The molecule has 0 heterocycles. The number of amides is 4. The Morgan fingerprint density at radius 3 is 2.23 bits per heavy atom. The van der Waals surface area contributed by atoms with Crippen LogP contribution in [0.4, 0.5) is 14.9 Å². The van der Waals surface area contributed by atoms with Gasteiger partial charge in [0.2, 0.25) is 0 Å². The summed E-state index contributed by atoms with van der Waals surface area (Å²) in [5.74, 6) is 0.938. The second-order valence-corrected chi connectivity index (χ2v) is 9.57. The highest BCUT2D eigenvalue weighted by Crippen LogP contribution is 2.55. The number of rotatable bonds is 6. The topological polar surface area (TPSA) is 91.7 Å². The molecule has 4 amide bonds. The van der Waals surface area contributed by atoms with E-state index < -0.39 is 17.8 Å². The second-order valence-electron chi connectivity index (χ2n) is 9.57. The van der Waals surface area contributed by atoms with Gasteiger partial charge in [-0.15, -0.1) is 0 Å².